The monoisotopic (exact) mass is 351 g/mol. The number of amides is 2. The zero-order chi connectivity index (χ0) is 18.2. The first-order valence-electron chi connectivity index (χ1n) is 7.25. The summed E-state index contributed by atoms with van der Waals surface area (Å²) in [5, 5.41) is 15.2. The fourth-order valence-electron chi connectivity index (χ4n) is 1.77. The number of carbonyl (C=O) groups excluding carboxylic acids is 2. The molecule has 0 heterocycles. The first-order valence-corrected chi connectivity index (χ1v) is 7.25. The van der Waals surface area contributed by atoms with Crippen LogP contribution in [-0.4, -0.2) is 41.4 Å². The number of aliphatic carboxylic acids is 1. The fraction of sp³-hybridized carbons (Fsp3) is 0.412. The van der Waals surface area contributed by atoms with Crippen LogP contribution in [0.2, 0.25) is 0 Å². The Bertz CT molecular complexity index is 606. The number of benzene rings is 1. The van der Waals surface area contributed by atoms with E-state index in [1.807, 2.05) is 0 Å². The second-order valence-corrected chi connectivity index (χ2v) is 5.99. The number of rotatable bonds is 7. The van der Waals surface area contributed by atoms with Crippen LogP contribution in [0, 0.1) is 0 Å². The minimum Gasteiger partial charge on any atom is -0.480 e. The number of carbonyl (C=O) groups is 3. The predicted octanol–water partition coefficient (Wildman–Crippen LogP) is 1.92. The summed E-state index contributed by atoms with van der Waals surface area (Å²) < 4.78 is 5.06. The number of ether oxygens (including phenoxy) is 1. The molecule has 1 aromatic carbocycles. The van der Waals surface area contributed by atoms with Crippen LogP contribution in [-0.2, 0) is 20.7 Å². The minimum absolute atomic E-state index is 0. The lowest BCUT2D eigenvalue weighted by Gasteiger charge is -2.22. The molecule has 0 radical (unpaired) electrons. The maximum absolute atomic E-state index is 11.7. The van der Waals surface area contributed by atoms with Crippen LogP contribution in [0.1, 0.15) is 39.3 Å². The van der Waals surface area contributed by atoms with Gasteiger partial charge in [0.2, 0.25) is 6.41 Å². The predicted molar refractivity (Wildman–Crippen MR) is 94.5 cm³/mol. The largest absolute Gasteiger partial charge is 0.480 e. The molecule has 1 rings (SSSR count). The van der Waals surface area contributed by atoms with Gasteiger partial charge in [-0.3, -0.25) is 4.79 Å². The number of hydrogen-bond donors (Lipinski definition) is 3. The molecule has 1 unspecified atom stereocenters. The summed E-state index contributed by atoms with van der Waals surface area (Å²) in [5.74, 6) is -1.15. The van der Waals surface area contributed by atoms with Crippen molar-refractivity contribution in [2.75, 3.05) is 0 Å². The maximum atomic E-state index is 11.7. The Morgan fingerprint density at radius 3 is 2.36 bits per heavy atom. The molecule has 0 saturated heterocycles. The summed E-state index contributed by atoms with van der Waals surface area (Å²) in [6, 6.07) is 5.77. The van der Waals surface area contributed by atoms with E-state index in [2.05, 4.69) is 15.8 Å². The van der Waals surface area contributed by atoms with Crippen molar-refractivity contribution in [1.29, 1.82) is 0 Å². The van der Waals surface area contributed by atoms with Crippen molar-refractivity contribution in [2.24, 2.45) is 5.10 Å². The van der Waals surface area contributed by atoms with Crippen LogP contribution in [0.4, 0.5) is 4.79 Å². The van der Waals surface area contributed by atoms with Crippen LogP contribution in [0.3, 0.4) is 0 Å². The van der Waals surface area contributed by atoms with Crippen molar-refractivity contribution in [2.45, 2.75) is 46.3 Å². The van der Waals surface area contributed by atoms with Crippen LogP contribution in [0.25, 0.3) is 0 Å². The molecule has 0 aromatic heterocycles. The highest BCUT2D eigenvalue weighted by Gasteiger charge is 2.24. The van der Waals surface area contributed by atoms with E-state index < -0.39 is 23.7 Å². The van der Waals surface area contributed by atoms with E-state index in [1.165, 1.54) is 6.21 Å². The molecule has 0 bridgehead atoms. The highest BCUT2D eigenvalue weighted by atomic mass is 16.6. The van der Waals surface area contributed by atoms with Crippen LogP contribution in [0.5, 0.6) is 0 Å². The molecule has 1 atom stereocenters. The lowest BCUT2D eigenvalue weighted by molar-refractivity contribution is -0.139. The van der Waals surface area contributed by atoms with Gasteiger partial charge in [-0.25, -0.2) is 15.0 Å². The summed E-state index contributed by atoms with van der Waals surface area (Å²) in [4.78, 5) is 33.1. The van der Waals surface area contributed by atoms with Gasteiger partial charge >= 0.3 is 12.1 Å². The summed E-state index contributed by atoms with van der Waals surface area (Å²) in [5.41, 5.74) is 2.90. The summed E-state index contributed by atoms with van der Waals surface area (Å²) in [7, 11) is 0. The van der Waals surface area contributed by atoms with Gasteiger partial charge in [0.25, 0.3) is 0 Å². The van der Waals surface area contributed by atoms with E-state index in [0.29, 0.717) is 6.41 Å². The van der Waals surface area contributed by atoms with Crippen LogP contribution >= 0.6 is 0 Å². The van der Waals surface area contributed by atoms with Crippen molar-refractivity contribution >= 4 is 24.7 Å². The van der Waals surface area contributed by atoms with Crippen molar-refractivity contribution in [1.82, 2.24) is 10.7 Å². The molecule has 0 spiro atoms. The Hall–Kier alpha value is -2.90. The molecular weight excluding hydrogens is 326 g/mol. The van der Waals surface area contributed by atoms with Gasteiger partial charge in [0.1, 0.15) is 11.6 Å². The molecule has 138 valence electrons. The Morgan fingerprint density at radius 2 is 1.88 bits per heavy atom. The van der Waals surface area contributed by atoms with Crippen molar-refractivity contribution in [3.8, 4) is 0 Å². The third kappa shape index (κ3) is 9.09. The second-order valence-electron chi connectivity index (χ2n) is 5.99. The quantitative estimate of drug-likeness (QED) is 0.394. The van der Waals surface area contributed by atoms with Gasteiger partial charge in [0.05, 0.1) is 6.21 Å². The summed E-state index contributed by atoms with van der Waals surface area (Å²) in [6.45, 7) is 5.09. The molecule has 8 heteroatoms. The van der Waals surface area contributed by atoms with Crippen molar-refractivity contribution < 1.29 is 24.2 Å². The molecule has 8 nitrogen and oxygen atoms in total. The normalized spacial score (nSPS) is 12.0. The lowest BCUT2D eigenvalue weighted by Crippen LogP contribution is -2.44. The minimum atomic E-state index is -1.15. The molecule has 0 fully saturated rings. The third-order valence-corrected chi connectivity index (χ3v) is 2.75. The number of carboxylic acid groups (broad SMARTS) is 1. The topological polar surface area (TPSA) is 117 Å². The van der Waals surface area contributed by atoms with E-state index in [-0.39, 0.29) is 13.8 Å². The molecule has 2 amide bonds. The van der Waals surface area contributed by atoms with Gasteiger partial charge in [0, 0.05) is 6.42 Å². The van der Waals surface area contributed by atoms with E-state index in [1.54, 1.807) is 45.0 Å². The maximum Gasteiger partial charge on any atom is 0.408 e. The van der Waals surface area contributed by atoms with Crippen LogP contribution in [0.15, 0.2) is 29.4 Å². The van der Waals surface area contributed by atoms with Crippen molar-refractivity contribution in [3.05, 3.63) is 35.4 Å². The highest BCUT2D eigenvalue weighted by molar-refractivity contribution is 5.81. The first-order chi connectivity index (χ1) is 11.2. The molecule has 0 saturated carbocycles. The average Bonchev–Trinajstić information content (AvgIpc) is 2.46. The summed E-state index contributed by atoms with van der Waals surface area (Å²) >= 11 is 0. The molecule has 0 aliphatic heterocycles. The number of alkyl carbamates (subject to hydrolysis) is 1. The standard InChI is InChI=1S/C16H21N3O5.CH4/c1-16(2,3)24-15(23)19-13(14(21)22)8-11-4-6-12(7-5-11)9-17-18-10-20;/h4-7,9-10,13H,8H2,1-3H3,(H,18,20)(H,19,23)(H,21,22);1H4/b17-9+;. The van der Waals surface area contributed by atoms with Gasteiger partial charge in [0.15, 0.2) is 0 Å². The van der Waals surface area contributed by atoms with E-state index in [9.17, 15) is 19.5 Å². The van der Waals surface area contributed by atoms with Gasteiger partial charge in [-0.05, 0) is 31.9 Å². The van der Waals surface area contributed by atoms with Gasteiger partial charge in [-0.15, -0.1) is 0 Å². The number of nitrogens with zero attached hydrogens (tertiary/aromatic N) is 1. The SMILES string of the molecule is C.CC(C)(C)OC(=O)NC(Cc1ccc(/C=N/NC=O)cc1)C(=O)O. The Labute approximate surface area is 147 Å². The number of hydrazone groups is 1. The van der Waals surface area contributed by atoms with E-state index in [4.69, 9.17) is 4.74 Å². The molecule has 0 aliphatic carbocycles. The molecule has 25 heavy (non-hydrogen) atoms. The fourth-order valence-corrected chi connectivity index (χ4v) is 1.77. The van der Waals surface area contributed by atoms with Gasteiger partial charge < -0.3 is 15.2 Å². The smallest absolute Gasteiger partial charge is 0.408 e. The number of carboxylic acids is 1. The summed E-state index contributed by atoms with van der Waals surface area (Å²) in [6.07, 6.45) is 1.23. The number of hydrogen-bond acceptors (Lipinski definition) is 5. The van der Waals surface area contributed by atoms with Gasteiger partial charge in [-0.1, -0.05) is 31.7 Å². The lowest BCUT2D eigenvalue weighted by atomic mass is 10.0. The Morgan fingerprint density at radius 1 is 1.28 bits per heavy atom. The van der Waals surface area contributed by atoms with Gasteiger partial charge in [-0.2, -0.15) is 5.10 Å². The number of nitrogens with one attached hydrogen (secondary N) is 2. The Balaban J connectivity index is 0.00000576. The zero-order valence-electron chi connectivity index (χ0n) is 13.8. The highest BCUT2D eigenvalue weighted by Crippen LogP contribution is 2.09. The zero-order valence-corrected chi connectivity index (χ0v) is 13.8. The average molecular weight is 351 g/mol. The molecule has 0 aliphatic rings. The molecular formula is C17H25N3O5. The third-order valence-electron chi connectivity index (χ3n) is 2.75. The van der Waals surface area contributed by atoms with Crippen molar-refractivity contribution in [3.63, 3.8) is 0 Å². The Kier molecular flexibility index (Phi) is 8.90. The first kappa shape index (κ1) is 22.1. The van der Waals surface area contributed by atoms with Crippen LogP contribution < -0.4 is 10.7 Å². The second kappa shape index (κ2) is 10.1. The van der Waals surface area contributed by atoms with E-state index >= 15 is 0 Å². The molecule has 3 N–H and O–H groups in total. The molecule has 1 aromatic rings. The van der Waals surface area contributed by atoms with E-state index in [0.717, 1.165) is 11.1 Å².